The van der Waals surface area contributed by atoms with Crippen LogP contribution in [0.5, 0.6) is 0 Å². The maximum atomic E-state index is 5.99. The molecule has 0 radical (unpaired) electrons. The molecule has 4 N–H and O–H groups in total. The molecule has 18 heavy (non-hydrogen) atoms. The summed E-state index contributed by atoms with van der Waals surface area (Å²) >= 11 is 0. The first-order valence-corrected chi connectivity index (χ1v) is 6.43. The lowest BCUT2D eigenvalue weighted by atomic mass is 9.67. The molecule has 2 nitrogen and oxygen atoms in total. The van der Waals surface area contributed by atoms with E-state index in [1.54, 1.807) is 0 Å². The van der Waals surface area contributed by atoms with E-state index in [0.29, 0.717) is 5.92 Å². The second-order valence-corrected chi connectivity index (χ2v) is 6.29. The molecule has 0 spiro atoms. The fourth-order valence-electron chi connectivity index (χ4n) is 3.74. The molecule has 0 amide bonds. The van der Waals surface area contributed by atoms with Crippen LogP contribution in [0.1, 0.15) is 31.9 Å². The summed E-state index contributed by atoms with van der Waals surface area (Å²) in [6.07, 6.45) is 6.48. The normalized spacial score (nSPS) is 31.7. The highest BCUT2D eigenvalue weighted by Crippen LogP contribution is 2.56. The van der Waals surface area contributed by atoms with Crippen molar-refractivity contribution in [2.45, 2.75) is 31.6 Å². The van der Waals surface area contributed by atoms with Gasteiger partial charge in [0, 0.05) is 22.7 Å². The summed E-state index contributed by atoms with van der Waals surface area (Å²) < 4.78 is 0. The predicted molar refractivity (Wildman–Crippen MR) is 76.1 cm³/mol. The van der Waals surface area contributed by atoms with Crippen LogP contribution < -0.4 is 11.5 Å². The Morgan fingerprint density at radius 3 is 2.50 bits per heavy atom. The highest BCUT2D eigenvalue weighted by atomic mass is 14.6. The minimum absolute atomic E-state index is 0.0371. The lowest BCUT2D eigenvalue weighted by molar-refractivity contribution is 0.322. The minimum atomic E-state index is 0.0371. The summed E-state index contributed by atoms with van der Waals surface area (Å²) in [4.78, 5) is 0. The van der Waals surface area contributed by atoms with Gasteiger partial charge in [0.15, 0.2) is 0 Å². The van der Waals surface area contributed by atoms with Gasteiger partial charge in [0.25, 0.3) is 0 Å². The molecule has 0 fully saturated rings. The summed E-state index contributed by atoms with van der Waals surface area (Å²) in [7, 11) is 0. The van der Waals surface area contributed by atoms with Crippen molar-refractivity contribution in [3.05, 3.63) is 53.3 Å². The molecule has 0 bridgehead atoms. The molecule has 94 valence electrons. The Labute approximate surface area is 108 Å². The molecule has 0 heterocycles. The van der Waals surface area contributed by atoms with Crippen molar-refractivity contribution in [2.24, 2.45) is 11.7 Å². The molecule has 2 aliphatic rings. The average Bonchev–Trinajstić information content (AvgIpc) is 2.47. The first-order chi connectivity index (χ1) is 8.35. The zero-order chi connectivity index (χ0) is 13.1. The number of hydrogen-bond acceptors (Lipinski definition) is 2. The minimum Gasteiger partial charge on any atom is -0.399 e. The van der Waals surface area contributed by atoms with Crippen molar-refractivity contribution in [1.82, 2.24) is 0 Å². The second-order valence-electron chi connectivity index (χ2n) is 6.29. The number of allylic oxidation sites excluding steroid dienone is 3. The lowest BCUT2D eigenvalue weighted by Gasteiger charge is -2.36. The average molecular weight is 240 g/mol. The van der Waals surface area contributed by atoms with Crippen molar-refractivity contribution >= 4 is 5.69 Å². The van der Waals surface area contributed by atoms with Crippen molar-refractivity contribution in [1.29, 1.82) is 0 Å². The summed E-state index contributed by atoms with van der Waals surface area (Å²) in [6, 6.07) is 6.29. The van der Waals surface area contributed by atoms with Gasteiger partial charge in [-0.2, -0.15) is 0 Å². The maximum absolute atomic E-state index is 5.99. The van der Waals surface area contributed by atoms with Crippen LogP contribution in [-0.4, -0.2) is 0 Å². The Hall–Kier alpha value is -1.70. The quantitative estimate of drug-likeness (QED) is 0.685. The Morgan fingerprint density at radius 2 is 1.78 bits per heavy atom. The summed E-state index contributed by atoms with van der Waals surface area (Å²) in [5, 5.41) is 0. The molecule has 3 rings (SSSR count). The molecule has 2 atom stereocenters. The standard InChI is InChI=1S/C16H20N2/c1-15(2)13-8-10(17)4-5-12(13)16(3)7-6-11(18)9-14(15)16/h4-9,14H,17-18H2,1-3H3. The van der Waals surface area contributed by atoms with Crippen LogP contribution in [0.2, 0.25) is 0 Å². The van der Waals surface area contributed by atoms with Crippen molar-refractivity contribution in [3.63, 3.8) is 0 Å². The van der Waals surface area contributed by atoms with Gasteiger partial charge in [0.1, 0.15) is 0 Å². The van der Waals surface area contributed by atoms with Crippen LogP contribution in [0.15, 0.2) is 42.1 Å². The van der Waals surface area contributed by atoms with Gasteiger partial charge in [-0.25, -0.2) is 0 Å². The van der Waals surface area contributed by atoms with Crippen LogP contribution >= 0.6 is 0 Å². The van der Waals surface area contributed by atoms with Gasteiger partial charge in [-0.3, -0.25) is 0 Å². The van der Waals surface area contributed by atoms with E-state index in [9.17, 15) is 0 Å². The van der Waals surface area contributed by atoms with E-state index in [1.165, 1.54) is 11.1 Å². The molecule has 2 aliphatic carbocycles. The number of nitrogen functional groups attached to an aromatic ring is 1. The van der Waals surface area contributed by atoms with Crippen molar-refractivity contribution in [2.75, 3.05) is 5.73 Å². The van der Waals surface area contributed by atoms with Gasteiger partial charge in [-0.05, 0) is 34.8 Å². The SMILES string of the molecule is CC1(C)c2cc(N)ccc2C2(C)C=CC(N)=CC12. The number of rotatable bonds is 0. The molecule has 0 saturated carbocycles. The molecule has 0 aromatic heterocycles. The van der Waals surface area contributed by atoms with Gasteiger partial charge in [-0.1, -0.05) is 39.0 Å². The number of anilines is 1. The molecular formula is C16H20N2. The third-order valence-corrected chi connectivity index (χ3v) is 4.72. The second kappa shape index (κ2) is 3.19. The predicted octanol–water partition coefficient (Wildman–Crippen LogP) is 2.85. The van der Waals surface area contributed by atoms with Crippen molar-refractivity contribution < 1.29 is 0 Å². The molecule has 2 heteroatoms. The molecule has 1 aromatic rings. The summed E-state index contributed by atoms with van der Waals surface area (Å²) in [5.74, 6) is 0.395. The Balaban J connectivity index is 2.30. The first-order valence-electron chi connectivity index (χ1n) is 6.43. The van der Waals surface area contributed by atoms with E-state index in [2.05, 4.69) is 45.1 Å². The number of hydrogen-bond donors (Lipinski definition) is 2. The molecule has 2 unspecified atom stereocenters. The van der Waals surface area contributed by atoms with E-state index >= 15 is 0 Å². The van der Waals surface area contributed by atoms with E-state index in [1.807, 2.05) is 12.1 Å². The smallest absolute Gasteiger partial charge is 0.0317 e. The van der Waals surface area contributed by atoms with Gasteiger partial charge < -0.3 is 11.5 Å². The van der Waals surface area contributed by atoms with Crippen LogP contribution in [0.25, 0.3) is 0 Å². The number of fused-ring (bicyclic) bond motifs is 3. The van der Waals surface area contributed by atoms with Crippen LogP contribution in [0.4, 0.5) is 5.69 Å². The van der Waals surface area contributed by atoms with Gasteiger partial charge in [0.05, 0.1) is 0 Å². The molecular weight excluding hydrogens is 220 g/mol. The van der Waals surface area contributed by atoms with Gasteiger partial charge >= 0.3 is 0 Å². The van der Waals surface area contributed by atoms with E-state index in [4.69, 9.17) is 11.5 Å². The summed E-state index contributed by atoms with van der Waals surface area (Å²) in [5.41, 5.74) is 16.5. The fourth-order valence-corrected chi connectivity index (χ4v) is 3.74. The van der Waals surface area contributed by atoms with Gasteiger partial charge in [0.2, 0.25) is 0 Å². The monoisotopic (exact) mass is 240 g/mol. The van der Waals surface area contributed by atoms with Crippen LogP contribution in [0.3, 0.4) is 0 Å². The zero-order valence-corrected chi connectivity index (χ0v) is 11.2. The highest BCUT2D eigenvalue weighted by Gasteiger charge is 2.52. The molecule has 0 saturated heterocycles. The molecule has 1 aromatic carbocycles. The number of nitrogens with two attached hydrogens (primary N) is 2. The first kappa shape index (κ1) is 11.4. The van der Waals surface area contributed by atoms with Crippen LogP contribution in [-0.2, 0) is 10.8 Å². The third kappa shape index (κ3) is 1.23. The Morgan fingerprint density at radius 1 is 1.06 bits per heavy atom. The number of benzene rings is 1. The molecule has 0 aliphatic heterocycles. The third-order valence-electron chi connectivity index (χ3n) is 4.72. The Bertz CT molecular complexity index is 581. The topological polar surface area (TPSA) is 52.0 Å². The van der Waals surface area contributed by atoms with E-state index in [-0.39, 0.29) is 10.8 Å². The maximum Gasteiger partial charge on any atom is 0.0317 e. The van der Waals surface area contributed by atoms with Crippen LogP contribution in [0, 0.1) is 5.92 Å². The fraction of sp³-hybridized carbons (Fsp3) is 0.375. The summed E-state index contributed by atoms with van der Waals surface area (Å²) in [6.45, 7) is 6.86. The highest BCUT2D eigenvalue weighted by molar-refractivity contribution is 5.58. The lowest BCUT2D eigenvalue weighted by Crippen LogP contribution is -2.35. The van der Waals surface area contributed by atoms with E-state index in [0.717, 1.165) is 11.4 Å². The van der Waals surface area contributed by atoms with Gasteiger partial charge in [-0.15, -0.1) is 0 Å². The largest absolute Gasteiger partial charge is 0.399 e. The zero-order valence-electron chi connectivity index (χ0n) is 11.2. The Kier molecular flexibility index (Phi) is 2.02. The van der Waals surface area contributed by atoms with Crippen molar-refractivity contribution in [3.8, 4) is 0 Å². The van der Waals surface area contributed by atoms with E-state index < -0.39 is 0 Å².